The molecule has 0 saturated carbocycles. The molecule has 0 saturated heterocycles. The molecule has 0 N–H and O–H groups in total. The lowest BCUT2D eigenvalue weighted by Gasteiger charge is -2.28. The fourth-order valence-corrected chi connectivity index (χ4v) is 4.23. The van der Waals surface area contributed by atoms with E-state index in [2.05, 4.69) is 30.7 Å². The highest BCUT2D eigenvalue weighted by atomic mass is 28.3. The van der Waals surface area contributed by atoms with E-state index in [4.69, 9.17) is 9.47 Å². The summed E-state index contributed by atoms with van der Waals surface area (Å²) in [5.41, 5.74) is 2.12. The minimum absolute atomic E-state index is 0.0507. The molecule has 0 aliphatic heterocycles. The lowest BCUT2D eigenvalue weighted by Crippen LogP contribution is -2.41. The first-order valence-corrected chi connectivity index (χ1v) is 8.33. The van der Waals surface area contributed by atoms with E-state index in [1.807, 2.05) is 13.8 Å². The predicted octanol–water partition coefficient (Wildman–Crippen LogP) is 2.18. The standard InChI is InChI=1S/C12H27NO2Si/c1-6-13(7-2)16(10-5)11-12(14-8-3)15-9-4/h10,12,16H,5-9,11H2,1-4H3. The van der Waals surface area contributed by atoms with Crippen LogP contribution in [-0.2, 0) is 9.47 Å². The summed E-state index contributed by atoms with van der Waals surface area (Å²) in [6.07, 6.45) is -0.0507. The van der Waals surface area contributed by atoms with Crippen LogP contribution in [0.15, 0.2) is 12.3 Å². The first-order chi connectivity index (χ1) is 7.73. The number of nitrogens with zero attached hydrogens (tertiary/aromatic N) is 1. The molecule has 0 spiro atoms. The maximum Gasteiger partial charge on any atom is 0.156 e. The Bertz CT molecular complexity index is 168. The quantitative estimate of drug-likeness (QED) is 0.435. The second-order valence-corrected chi connectivity index (χ2v) is 6.41. The topological polar surface area (TPSA) is 21.7 Å². The van der Waals surface area contributed by atoms with Gasteiger partial charge >= 0.3 is 0 Å². The van der Waals surface area contributed by atoms with E-state index >= 15 is 0 Å². The molecule has 0 aromatic heterocycles. The van der Waals surface area contributed by atoms with Gasteiger partial charge in [0.2, 0.25) is 0 Å². The van der Waals surface area contributed by atoms with Crippen molar-refractivity contribution in [2.24, 2.45) is 0 Å². The summed E-state index contributed by atoms with van der Waals surface area (Å²) in [5, 5.41) is 0. The summed E-state index contributed by atoms with van der Waals surface area (Å²) in [6, 6.07) is 0.993. The lowest BCUT2D eigenvalue weighted by molar-refractivity contribution is -0.123. The summed E-state index contributed by atoms with van der Waals surface area (Å²) in [7, 11) is -1.10. The highest BCUT2D eigenvalue weighted by Gasteiger charge is 2.20. The van der Waals surface area contributed by atoms with Crippen LogP contribution in [0.2, 0.25) is 6.04 Å². The normalized spacial score (nSPS) is 13.4. The fourth-order valence-electron chi connectivity index (χ4n) is 1.84. The van der Waals surface area contributed by atoms with Gasteiger partial charge in [-0.05, 0) is 26.9 Å². The molecule has 0 aliphatic carbocycles. The van der Waals surface area contributed by atoms with Crippen molar-refractivity contribution in [2.45, 2.75) is 40.0 Å². The van der Waals surface area contributed by atoms with Gasteiger partial charge in [0.15, 0.2) is 6.29 Å². The van der Waals surface area contributed by atoms with Crippen molar-refractivity contribution in [1.82, 2.24) is 4.57 Å². The maximum atomic E-state index is 5.59. The minimum atomic E-state index is -1.10. The molecule has 1 unspecified atom stereocenters. The summed E-state index contributed by atoms with van der Waals surface area (Å²) in [6.45, 7) is 16.0. The van der Waals surface area contributed by atoms with Gasteiger partial charge in [-0.25, -0.2) is 0 Å². The Kier molecular flexibility index (Phi) is 9.92. The second kappa shape index (κ2) is 10.0. The van der Waals surface area contributed by atoms with Gasteiger partial charge in [0.1, 0.15) is 8.96 Å². The third-order valence-electron chi connectivity index (χ3n) is 2.69. The van der Waals surface area contributed by atoms with E-state index in [9.17, 15) is 0 Å². The summed E-state index contributed by atoms with van der Waals surface area (Å²) < 4.78 is 13.7. The molecule has 0 fully saturated rings. The Morgan fingerprint density at radius 2 is 1.62 bits per heavy atom. The van der Waals surface area contributed by atoms with Crippen molar-refractivity contribution in [1.29, 1.82) is 0 Å². The fraction of sp³-hybridized carbons (Fsp3) is 0.833. The van der Waals surface area contributed by atoms with Crippen LogP contribution in [-0.4, -0.2) is 46.1 Å². The third kappa shape index (κ3) is 5.79. The number of ether oxygens (including phenoxy) is 2. The van der Waals surface area contributed by atoms with Gasteiger partial charge in [-0.1, -0.05) is 19.5 Å². The molecule has 0 aromatic rings. The van der Waals surface area contributed by atoms with Crippen LogP contribution in [0.1, 0.15) is 27.7 Å². The molecule has 0 bridgehead atoms. The Labute approximate surface area is 102 Å². The van der Waals surface area contributed by atoms with Crippen LogP contribution in [0.25, 0.3) is 0 Å². The Balaban J connectivity index is 4.28. The van der Waals surface area contributed by atoms with Crippen molar-refractivity contribution < 1.29 is 9.47 Å². The van der Waals surface area contributed by atoms with Crippen molar-refractivity contribution in [3.05, 3.63) is 12.3 Å². The van der Waals surface area contributed by atoms with Crippen LogP contribution in [0.3, 0.4) is 0 Å². The zero-order chi connectivity index (χ0) is 12.4. The predicted molar refractivity (Wildman–Crippen MR) is 72.1 cm³/mol. The first-order valence-electron chi connectivity index (χ1n) is 6.33. The van der Waals surface area contributed by atoms with E-state index in [0.29, 0.717) is 13.2 Å². The van der Waals surface area contributed by atoms with Gasteiger partial charge < -0.3 is 14.0 Å². The molecule has 0 rings (SSSR count). The molecule has 0 heterocycles. The zero-order valence-electron chi connectivity index (χ0n) is 11.2. The van der Waals surface area contributed by atoms with Crippen molar-refractivity contribution in [3.8, 4) is 0 Å². The van der Waals surface area contributed by atoms with E-state index in [1.54, 1.807) is 0 Å². The van der Waals surface area contributed by atoms with Crippen LogP contribution >= 0.6 is 0 Å². The van der Waals surface area contributed by atoms with Crippen molar-refractivity contribution >= 4 is 8.96 Å². The van der Waals surface area contributed by atoms with Gasteiger partial charge in [0.05, 0.1) is 0 Å². The highest BCUT2D eigenvalue weighted by Crippen LogP contribution is 2.10. The molecule has 16 heavy (non-hydrogen) atoms. The molecule has 0 aliphatic rings. The molecular weight excluding hydrogens is 218 g/mol. The average Bonchev–Trinajstić information content (AvgIpc) is 2.29. The van der Waals surface area contributed by atoms with E-state index in [0.717, 1.165) is 19.1 Å². The second-order valence-electron chi connectivity index (χ2n) is 3.60. The average molecular weight is 245 g/mol. The number of rotatable bonds is 10. The van der Waals surface area contributed by atoms with Crippen molar-refractivity contribution in [3.63, 3.8) is 0 Å². The number of hydrogen-bond donors (Lipinski definition) is 0. The SMILES string of the molecule is C=C[SiH](CC(OCC)OCC)N(CC)CC. The molecule has 3 nitrogen and oxygen atoms in total. The van der Waals surface area contributed by atoms with Crippen molar-refractivity contribution in [2.75, 3.05) is 26.3 Å². The summed E-state index contributed by atoms with van der Waals surface area (Å²) >= 11 is 0. The van der Waals surface area contributed by atoms with E-state index in [-0.39, 0.29) is 6.29 Å². The van der Waals surface area contributed by atoms with Gasteiger partial charge in [-0.2, -0.15) is 0 Å². The Morgan fingerprint density at radius 1 is 1.12 bits per heavy atom. The maximum absolute atomic E-state index is 5.59. The van der Waals surface area contributed by atoms with Crippen LogP contribution in [0, 0.1) is 0 Å². The van der Waals surface area contributed by atoms with Gasteiger partial charge in [-0.3, -0.25) is 0 Å². The molecular formula is C12H27NO2Si. The van der Waals surface area contributed by atoms with E-state index in [1.165, 1.54) is 0 Å². The molecule has 4 heteroatoms. The smallest absolute Gasteiger partial charge is 0.156 e. The monoisotopic (exact) mass is 245 g/mol. The molecule has 96 valence electrons. The third-order valence-corrected chi connectivity index (χ3v) is 5.77. The van der Waals surface area contributed by atoms with Gasteiger partial charge in [0, 0.05) is 19.3 Å². The summed E-state index contributed by atoms with van der Waals surface area (Å²) in [4.78, 5) is 0. The van der Waals surface area contributed by atoms with E-state index < -0.39 is 8.96 Å². The zero-order valence-corrected chi connectivity index (χ0v) is 12.4. The molecule has 1 atom stereocenters. The molecule has 0 radical (unpaired) electrons. The Morgan fingerprint density at radius 3 is 1.94 bits per heavy atom. The Hall–Kier alpha value is -0.163. The lowest BCUT2D eigenvalue weighted by atomic mass is 10.7. The first kappa shape index (κ1) is 15.8. The van der Waals surface area contributed by atoms with Gasteiger partial charge in [0.25, 0.3) is 0 Å². The molecule has 0 aromatic carbocycles. The molecule has 0 amide bonds. The van der Waals surface area contributed by atoms with Gasteiger partial charge in [-0.15, -0.1) is 6.58 Å². The minimum Gasteiger partial charge on any atom is -0.353 e. The van der Waals surface area contributed by atoms with Crippen LogP contribution in [0.5, 0.6) is 0 Å². The van der Waals surface area contributed by atoms with Crippen LogP contribution < -0.4 is 0 Å². The highest BCUT2D eigenvalue weighted by molar-refractivity contribution is 6.61. The van der Waals surface area contributed by atoms with Crippen LogP contribution in [0.4, 0.5) is 0 Å². The largest absolute Gasteiger partial charge is 0.353 e. The number of hydrogen-bond acceptors (Lipinski definition) is 3. The summed E-state index contributed by atoms with van der Waals surface area (Å²) in [5.74, 6) is 0.